The number of nitrogens with one attached hydrogen (secondary N) is 1. The summed E-state index contributed by atoms with van der Waals surface area (Å²) < 4.78 is 25.1. The lowest BCUT2D eigenvalue weighted by atomic mass is 9.87. The smallest absolute Gasteiger partial charge is 0.303 e. The van der Waals surface area contributed by atoms with Gasteiger partial charge in [-0.05, 0) is 25.3 Å². The van der Waals surface area contributed by atoms with Gasteiger partial charge in [-0.1, -0.05) is 36.2 Å². The van der Waals surface area contributed by atoms with E-state index in [1.165, 1.54) is 11.8 Å². The second-order valence-corrected chi connectivity index (χ2v) is 8.21. The van der Waals surface area contributed by atoms with Gasteiger partial charge >= 0.3 is 5.97 Å². The third kappa shape index (κ3) is 4.80. The van der Waals surface area contributed by atoms with Gasteiger partial charge < -0.3 is 15.4 Å². The van der Waals surface area contributed by atoms with Crippen molar-refractivity contribution in [1.82, 2.24) is 4.72 Å². The number of aryl methyl sites for hydroxylation is 1. The van der Waals surface area contributed by atoms with Crippen molar-refractivity contribution in [3.05, 3.63) is 35.4 Å². The van der Waals surface area contributed by atoms with E-state index in [0.29, 0.717) is 19.3 Å². The molecule has 1 aliphatic heterocycles. The minimum Gasteiger partial charge on any atom is -0.760 e. The molecular weight excluding hydrogens is 348 g/mol. The van der Waals surface area contributed by atoms with Crippen LogP contribution in [0.5, 0.6) is 0 Å². The van der Waals surface area contributed by atoms with Crippen LogP contribution < -0.4 is 10.5 Å². The van der Waals surface area contributed by atoms with Gasteiger partial charge in [0, 0.05) is 35.4 Å². The van der Waals surface area contributed by atoms with E-state index in [-0.39, 0.29) is 18.4 Å². The van der Waals surface area contributed by atoms with Gasteiger partial charge in [-0.25, -0.2) is 4.72 Å². The van der Waals surface area contributed by atoms with Crippen molar-refractivity contribution >= 4 is 29.0 Å². The fraction of sp³-hybridized carbons (Fsp3) is 0.562. The SMILES string of the molecule is Cc1ccc(C2CS[C@](CCCCC(=O)O)(NS(=O)[O-])[C@H]2N)cc1. The number of hydrogen-bond donors (Lipinski definition) is 3. The highest BCUT2D eigenvalue weighted by Gasteiger charge is 2.47. The fourth-order valence-corrected chi connectivity index (χ4v) is 5.56. The van der Waals surface area contributed by atoms with Gasteiger partial charge in [0.1, 0.15) is 0 Å². The minimum atomic E-state index is -2.42. The third-order valence-corrected chi connectivity index (χ3v) is 6.72. The van der Waals surface area contributed by atoms with Gasteiger partial charge in [-0.3, -0.25) is 9.00 Å². The summed E-state index contributed by atoms with van der Waals surface area (Å²) in [4.78, 5) is 9.86. The van der Waals surface area contributed by atoms with Crippen LogP contribution in [-0.4, -0.2) is 36.5 Å². The average molecular weight is 372 g/mol. The number of benzene rings is 1. The molecule has 134 valence electrons. The van der Waals surface area contributed by atoms with Crippen LogP contribution >= 0.6 is 11.8 Å². The summed E-state index contributed by atoms with van der Waals surface area (Å²) in [5.74, 6) is -0.0516. The molecule has 0 bridgehead atoms. The topological polar surface area (TPSA) is 115 Å². The molecule has 1 aliphatic rings. The normalized spacial score (nSPS) is 28.0. The summed E-state index contributed by atoms with van der Waals surface area (Å²) in [5, 5.41) is 8.74. The van der Waals surface area contributed by atoms with Gasteiger partial charge in [0.05, 0.1) is 4.87 Å². The number of carboxylic acids is 1. The first-order chi connectivity index (χ1) is 11.3. The Labute approximate surface area is 149 Å². The highest BCUT2D eigenvalue weighted by Crippen LogP contribution is 2.46. The van der Waals surface area contributed by atoms with Crippen molar-refractivity contribution in [2.75, 3.05) is 5.75 Å². The summed E-state index contributed by atoms with van der Waals surface area (Å²) in [7, 11) is 0. The lowest BCUT2D eigenvalue weighted by Gasteiger charge is -2.36. The lowest BCUT2D eigenvalue weighted by Crippen LogP contribution is -2.55. The molecule has 1 aromatic carbocycles. The molecule has 24 heavy (non-hydrogen) atoms. The van der Waals surface area contributed by atoms with Crippen LogP contribution in [0.25, 0.3) is 0 Å². The lowest BCUT2D eigenvalue weighted by molar-refractivity contribution is -0.137. The molecule has 0 saturated carbocycles. The van der Waals surface area contributed by atoms with Crippen molar-refractivity contribution in [2.24, 2.45) is 5.73 Å². The van der Waals surface area contributed by atoms with Crippen molar-refractivity contribution < 1.29 is 18.7 Å². The van der Waals surface area contributed by atoms with Gasteiger partial charge in [0.2, 0.25) is 0 Å². The number of thioether (sulfide) groups is 1. The Hall–Kier alpha value is -0.930. The number of unbranched alkanes of at least 4 members (excludes halogenated alkanes) is 1. The van der Waals surface area contributed by atoms with Crippen molar-refractivity contribution in [1.29, 1.82) is 0 Å². The Morgan fingerprint density at radius 1 is 1.46 bits per heavy atom. The van der Waals surface area contributed by atoms with E-state index in [4.69, 9.17) is 10.8 Å². The summed E-state index contributed by atoms with van der Waals surface area (Å²) in [6.07, 6.45) is 1.71. The molecule has 4 atom stereocenters. The molecule has 0 radical (unpaired) electrons. The largest absolute Gasteiger partial charge is 0.760 e. The van der Waals surface area contributed by atoms with E-state index >= 15 is 0 Å². The molecule has 1 aromatic rings. The highest BCUT2D eigenvalue weighted by molar-refractivity contribution is 8.01. The zero-order chi connectivity index (χ0) is 17.7. The fourth-order valence-electron chi connectivity index (χ4n) is 3.07. The van der Waals surface area contributed by atoms with Crippen LogP contribution in [0.15, 0.2) is 24.3 Å². The average Bonchev–Trinajstić information content (AvgIpc) is 2.81. The Morgan fingerprint density at radius 2 is 2.12 bits per heavy atom. The molecule has 0 amide bonds. The van der Waals surface area contributed by atoms with Gasteiger partial charge in [0.15, 0.2) is 0 Å². The van der Waals surface area contributed by atoms with Crippen LogP contribution in [-0.2, 0) is 16.1 Å². The molecule has 0 aliphatic carbocycles. The highest BCUT2D eigenvalue weighted by atomic mass is 32.2. The van der Waals surface area contributed by atoms with Crippen molar-refractivity contribution in [2.45, 2.75) is 49.4 Å². The van der Waals surface area contributed by atoms with Gasteiger partial charge in [-0.2, -0.15) is 0 Å². The summed E-state index contributed by atoms with van der Waals surface area (Å²) in [5.41, 5.74) is 8.71. The van der Waals surface area contributed by atoms with Gasteiger partial charge in [0.25, 0.3) is 0 Å². The zero-order valence-electron chi connectivity index (χ0n) is 13.6. The molecule has 1 saturated heterocycles. The third-order valence-electron chi connectivity index (χ3n) is 4.44. The van der Waals surface area contributed by atoms with Crippen LogP contribution in [0.3, 0.4) is 0 Å². The number of hydrogen-bond acceptors (Lipinski definition) is 5. The molecule has 1 heterocycles. The molecule has 2 rings (SSSR count). The first-order valence-electron chi connectivity index (χ1n) is 7.89. The standard InChI is InChI=1S/C16H24N2O4S2/c1-11-5-7-12(8-6-11)13-10-23-16(15(13)17,18-24(21)22)9-3-2-4-14(19)20/h5-8,13,15,18H,2-4,9-10,17H2,1H3,(H,19,20)(H,21,22)/p-1/t13?,15-,16-/m0/s1. The quantitative estimate of drug-likeness (QED) is 0.475. The number of nitrogens with two attached hydrogens (primary N) is 1. The first kappa shape index (κ1) is 19.4. The molecule has 4 N–H and O–H groups in total. The Balaban J connectivity index is 2.11. The monoisotopic (exact) mass is 371 g/mol. The molecule has 0 spiro atoms. The Kier molecular flexibility index (Phi) is 6.82. The van der Waals surface area contributed by atoms with Crippen LogP contribution in [0.4, 0.5) is 0 Å². The second-order valence-electron chi connectivity index (χ2n) is 6.18. The molecule has 2 unspecified atom stereocenters. The van der Waals surface area contributed by atoms with E-state index in [0.717, 1.165) is 16.9 Å². The summed E-state index contributed by atoms with van der Waals surface area (Å²) >= 11 is -0.906. The van der Waals surface area contributed by atoms with Crippen molar-refractivity contribution in [3.8, 4) is 0 Å². The maximum atomic E-state index is 11.3. The predicted octanol–water partition coefficient (Wildman–Crippen LogP) is 1.88. The van der Waals surface area contributed by atoms with Crippen LogP contribution in [0, 0.1) is 6.92 Å². The van der Waals surface area contributed by atoms with E-state index in [1.54, 1.807) is 0 Å². The van der Waals surface area contributed by atoms with E-state index in [1.807, 2.05) is 31.2 Å². The van der Waals surface area contributed by atoms with Crippen LogP contribution in [0.1, 0.15) is 42.7 Å². The Morgan fingerprint density at radius 3 is 2.71 bits per heavy atom. The number of carboxylic acid groups (broad SMARTS) is 1. The Bertz CT molecular complexity index is 596. The second kappa shape index (κ2) is 8.44. The molecule has 1 fully saturated rings. The minimum absolute atomic E-state index is 0.0612. The van der Waals surface area contributed by atoms with Gasteiger partial charge in [-0.15, -0.1) is 11.8 Å². The maximum absolute atomic E-state index is 11.3. The molecule has 6 nitrogen and oxygen atoms in total. The summed E-state index contributed by atoms with van der Waals surface area (Å²) in [6, 6.07) is 7.76. The zero-order valence-corrected chi connectivity index (χ0v) is 15.2. The number of aliphatic carboxylic acids is 1. The molecule has 8 heteroatoms. The number of rotatable bonds is 8. The van der Waals surface area contributed by atoms with E-state index < -0.39 is 22.1 Å². The summed E-state index contributed by atoms with van der Waals surface area (Å²) in [6.45, 7) is 2.02. The molecule has 0 aromatic heterocycles. The van der Waals surface area contributed by atoms with E-state index in [2.05, 4.69) is 4.72 Å². The van der Waals surface area contributed by atoms with Crippen molar-refractivity contribution in [3.63, 3.8) is 0 Å². The van der Waals surface area contributed by atoms with Crippen LogP contribution in [0.2, 0.25) is 0 Å². The maximum Gasteiger partial charge on any atom is 0.303 e. The number of carbonyl (C=O) groups is 1. The molecular formula is C16H23N2O4S2-. The predicted molar refractivity (Wildman–Crippen MR) is 95.2 cm³/mol. The van der Waals surface area contributed by atoms with E-state index in [9.17, 15) is 13.6 Å². The first-order valence-corrected chi connectivity index (χ1v) is 9.95.